The molecule has 0 saturated heterocycles. The molecule has 0 amide bonds. The van der Waals surface area contributed by atoms with Crippen LogP contribution >= 0.6 is 0 Å². The maximum absolute atomic E-state index is 9.92. The number of rotatable bonds is 5. The Balaban J connectivity index is 2.60. The van der Waals surface area contributed by atoms with Crippen molar-refractivity contribution in [1.29, 1.82) is 0 Å². The van der Waals surface area contributed by atoms with Crippen LogP contribution in [0.1, 0.15) is 18.2 Å². The minimum Gasteiger partial charge on any atom is -0.506 e. The average molecular weight is 262 g/mol. The van der Waals surface area contributed by atoms with E-state index in [0.29, 0.717) is 18.0 Å². The molecule has 2 rings (SSSR count). The lowest BCUT2D eigenvalue weighted by molar-refractivity contribution is 0.295. The highest BCUT2D eigenvalue weighted by molar-refractivity contribution is 5.49. The number of aliphatic hydroxyl groups excluding tert-OH is 1. The van der Waals surface area contributed by atoms with Crippen LogP contribution in [-0.4, -0.2) is 33.7 Å². The second-order valence-electron chi connectivity index (χ2n) is 4.16. The number of aromatic nitrogens is 2. The molecule has 102 valence electrons. The monoisotopic (exact) mass is 262 g/mol. The van der Waals surface area contributed by atoms with Gasteiger partial charge >= 0.3 is 0 Å². The Morgan fingerprint density at radius 1 is 1.32 bits per heavy atom. The zero-order valence-corrected chi connectivity index (χ0v) is 11.1. The lowest BCUT2D eigenvalue weighted by Gasteiger charge is -2.09. The summed E-state index contributed by atoms with van der Waals surface area (Å²) in [6.45, 7) is 2.04. The van der Waals surface area contributed by atoms with E-state index in [0.717, 1.165) is 17.7 Å². The van der Waals surface area contributed by atoms with E-state index in [1.54, 1.807) is 30.0 Å². The van der Waals surface area contributed by atoms with Gasteiger partial charge in [-0.25, -0.2) is 0 Å². The topological polar surface area (TPSA) is 67.5 Å². The highest BCUT2D eigenvalue weighted by Gasteiger charge is 2.19. The van der Waals surface area contributed by atoms with Crippen LogP contribution in [0.5, 0.6) is 11.6 Å². The Bertz CT molecular complexity index is 564. The Hall–Kier alpha value is -2.01. The van der Waals surface area contributed by atoms with Gasteiger partial charge in [-0.3, -0.25) is 0 Å². The molecule has 0 aliphatic rings. The maximum Gasteiger partial charge on any atom is 0.220 e. The average Bonchev–Trinajstić information content (AvgIpc) is 2.77. The quantitative estimate of drug-likeness (QED) is 0.860. The van der Waals surface area contributed by atoms with Gasteiger partial charge in [-0.15, -0.1) is 0 Å². The molecule has 5 nitrogen and oxygen atoms in total. The number of hydrogen-bond donors (Lipinski definition) is 2. The lowest BCUT2D eigenvalue weighted by Crippen LogP contribution is -2.01. The third-order valence-corrected chi connectivity index (χ3v) is 3.02. The van der Waals surface area contributed by atoms with Crippen molar-refractivity contribution in [3.05, 3.63) is 35.5 Å². The molecule has 0 aliphatic heterocycles. The Kier molecular flexibility index (Phi) is 4.06. The molecule has 1 aromatic carbocycles. The van der Waals surface area contributed by atoms with Crippen LogP contribution in [0.2, 0.25) is 0 Å². The van der Waals surface area contributed by atoms with Gasteiger partial charge in [-0.2, -0.15) is 9.78 Å². The number of methoxy groups -OCH3 is 1. The molecule has 0 radical (unpaired) electrons. The van der Waals surface area contributed by atoms with Crippen molar-refractivity contribution in [2.75, 3.05) is 13.7 Å². The second kappa shape index (κ2) is 5.75. The zero-order chi connectivity index (χ0) is 13.8. The first kappa shape index (κ1) is 13.4. The first-order valence-corrected chi connectivity index (χ1v) is 6.26. The number of nitrogens with zero attached hydrogens (tertiary/aromatic N) is 2. The van der Waals surface area contributed by atoms with Crippen molar-refractivity contribution in [2.45, 2.75) is 19.8 Å². The molecule has 1 heterocycles. The van der Waals surface area contributed by atoms with Gasteiger partial charge in [0, 0.05) is 18.6 Å². The van der Waals surface area contributed by atoms with Crippen LogP contribution in [0.4, 0.5) is 0 Å². The fourth-order valence-corrected chi connectivity index (χ4v) is 2.14. The molecular formula is C14H18N2O3. The Labute approximate surface area is 112 Å². The van der Waals surface area contributed by atoms with E-state index in [2.05, 4.69) is 5.10 Å². The molecule has 19 heavy (non-hydrogen) atoms. The van der Waals surface area contributed by atoms with Crippen LogP contribution in [0.25, 0.3) is 5.69 Å². The van der Waals surface area contributed by atoms with Crippen molar-refractivity contribution < 1.29 is 14.9 Å². The normalized spacial score (nSPS) is 10.7. The first-order valence-electron chi connectivity index (χ1n) is 6.26. The van der Waals surface area contributed by atoms with Gasteiger partial charge in [0.15, 0.2) is 0 Å². The van der Waals surface area contributed by atoms with E-state index in [-0.39, 0.29) is 12.4 Å². The fraction of sp³-hybridized carbons (Fsp3) is 0.357. The van der Waals surface area contributed by atoms with Crippen molar-refractivity contribution in [2.24, 2.45) is 0 Å². The zero-order valence-electron chi connectivity index (χ0n) is 11.1. The minimum absolute atomic E-state index is 0.0375. The molecule has 0 fully saturated rings. The van der Waals surface area contributed by atoms with Gasteiger partial charge in [0.2, 0.25) is 5.88 Å². The lowest BCUT2D eigenvalue weighted by atomic mass is 10.1. The van der Waals surface area contributed by atoms with E-state index in [1.807, 2.05) is 13.0 Å². The number of aliphatic hydroxyl groups is 1. The largest absolute Gasteiger partial charge is 0.506 e. The standard InChI is InChI=1S/C14H18N2O3/c1-3-11-10(8-9-17)14(19-2)16(15-11)12-6-4-5-7-13(12)18/h4-7,17-18H,3,8-9H2,1-2H3. The van der Waals surface area contributed by atoms with Crippen LogP contribution < -0.4 is 4.74 Å². The van der Waals surface area contributed by atoms with E-state index >= 15 is 0 Å². The third-order valence-electron chi connectivity index (χ3n) is 3.02. The summed E-state index contributed by atoms with van der Waals surface area (Å²) >= 11 is 0. The molecule has 0 atom stereocenters. The first-order chi connectivity index (χ1) is 9.22. The van der Waals surface area contributed by atoms with Crippen molar-refractivity contribution in [3.63, 3.8) is 0 Å². The van der Waals surface area contributed by atoms with Crippen molar-refractivity contribution in [1.82, 2.24) is 9.78 Å². The van der Waals surface area contributed by atoms with Gasteiger partial charge in [0.25, 0.3) is 0 Å². The second-order valence-corrected chi connectivity index (χ2v) is 4.16. The number of benzene rings is 1. The van der Waals surface area contributed by atoms with Gasteiger partial charge in [-0.1, -0.05) is 19.1 Å². The molecule has 0 spiro atoms. The summed E-state index contributed by atoms with van der Waals surface area (Å²) in [5, 5.41) is 23.5. The van der Waals surface area contributed by atoms with Gasteiger partial charge in [-0.05, 0) is 18.6 Å². The Morgan fingerprint density at radius 3 is 2.63 bits per heavy atom. The molecular weight excluding hydrogens is 244 g/mol. The van der Waals surface area contributed by atoms with Crippen LogP contribution in [-0.2, 0) is 12.8 Å². The fourth-order valence-electron chi connectivity index (χ4n) is 2.14. The molecule has 5 heteroatoms. The maximum atomic E-state index is 9.92. The Morgan fingerprint density at radius 2 is 2.05 bits per heavy atom. The number of aryl methyl sites for hydroxylation is 1. The smallest absolute Gasteiger partial charge is 0.220 e. The predicted molar refractivity (Wildman–Crippen MR) is 71.9 cm³/mol. The minimum atomic E-state index is 0.0375. The molecule has 0 aliphatic carbocycles. The van der Waals surface area contributed by atoms with E-state index in [4.69, 9.17) is 9.84 Å². The van der Waals surface area contributed by atoms with Crippen LogP contribution in [0, 0.1) is 0 Å². The van der Waals surface area contributed by atoms with Crippen LogP contribution in [0.15, 0.2) is 24.3 Å². The van der Waals surface area contributed by atoms with Crippen molar-refractivity contribution in [3.8, 4) is 17.3 Å². The van der Waals surface area contributed by atoms with E-state index in [1.165, 1.54) is 0 Å². The molecule has 0 bridgehead atoms. The summed E-state index contributed by atoms with van der Waals surface area (Å²) in [5.74, 6) is 0.703. The van der Waals surface area contributed by atoms with Gasteiger partial charge < -0.3 is 14.9 Å². The summed E-state index contributed by atoms with van der Waals surface area (Å²) in [6.07, 6.45) is 1.23. The third kappa shape index (κ3) is 2.42. The summed E-state index contributed by atoms with van der Waals surface area (Å²) in [6, 6.07) is 6.96. The highest BCUT2D eigenvalue weighted by Crippen LogP contribution is 2.30. The number of para-hydroxylation sites is 2. The number of phenolic OH excluding ortho intramolecular Hbond substituents is 1. The summed E-state index contributed by atoms with van der Waals surface area (Å²) in [4.78, 5) is 0. The van der Waals surface area contributed by atoms with Gasteiger partial charge in [0.05, 0.1) is 12.8 Å². The van der Waals surface area contributed by atoms with Crippen molar-refractivity contribution >= 4 is 0 Å². The molecule has 1 aromatic heterocycles. The highest BCUT2D eigenvalue weighted by atomic mass is 16.5. The SMILES string of the molecule is CCc1nn(-c2ccccc2O)c(OC)c1CCO. The van der Waals surface area contributed by atoms with E-state index < -0.39 is 0 Å². The molecule has 2 aromatic rings. The number of phenols is 1. The number of aromatic hydroxyl groups is 1. The predicted octanol–water partition coefficient (Wildman–Crippen LogP) is 1.68. The van der Waals surface area contributed by atoms with Gasteiger partial charge in [0.1, 0.15) is 11.4 Å². The van der Waals surface area contributed by atoms with Crippen LogP contribution in [0.3, 0.4) is 0 Å². The molecule has 0 unspecified atom stereocenters. The summed E-state index contributed by atoms with van der Waals surface area (Å²) < 4.78 is 6.98. The number of hydrogen-bond acceptors (Lipinski definition) is 4. The summed E-state index contributed by atoms with van der Waals surface area (Å²) in [7, 11) is 1.56. The number of ether oxygens (including phenoxy) is 1. The molecule has 0 saturated carbocycles. The summed E-state index contributed by atoms with van der Waals surface area (Å²) in [5.41, 5.74) is 2.32. The molecule has 2 N–H and O–H groups in total. The van der Waals surface area contributed by atoms with E-state index in [9.17, 15) is 5.11 Å².